The number of thiocarbonyl (C=S) groups is 1. The van der Waals surface area contributed by atoms with Crippen molar-refractivity contribution in [1.29, 1.82) is 0 Å². The SMILES string of the molecule is CS(=O)CCCNC(N)=S. The van der Waals surface area contributed by atoms with Crippen molar-refractivity contribution in [3.8, 4) is 0 Å². The minimum absolute atomic E-state index is 0.307. The molecule has 0 amide bonds. The molecule has 0 saturated heterocycles. The normalized spacial score (nSPS) is 12.5. The van der Waals surface area contributed by atoms with E-state index in [1.807, 2.05) is 0 Å². The summed E-state index contributed by atoms with van der Waals surface area (Å²) in [5.74, 6) is 0.704. The molecule has 0 aliphatic rings. The molecule has 5 heteroatoms. The molecule has 0 aliphatic carbocycles. The van der Waals surface area contributed by atoms with Gasteiger partial charge in [-0.15, -0.1) is 0 Å². The van der Waals surface area contributed by atoms with Gasteiger partial charge in [-0.3, -0.25) is 4.21 Å². The highest BCUT2D eigenvalue weighted by molar-refractivity contribution is 7.84. The van der Waals surface area contributed by atoms with Gasteiger partial charge in [-0.05, 0) is 18.6 Å². The van der Waals surface area contributed by atoms with Crippen LogP contribution >= 0.6 is 12.2 Å². The Hall–Kier alpha value is -0.160. The molecule has 10 heavy (non-hydrogen) atoms. The Morgan fingerprint density at radius 3 is 2.80 bits per heavy atom. The molecular formula is C5H12N2OS2. The Morgan fingerprint density at radius 1 is 1.80 bits per heavy atom. The third kappa shape index (κ3) is 7.84. The number of nitrogens with two attached hydrogens (primary N) is 1. The zero-order valence-corrected chi connectivity index (χ0v) is 7.56. The minimum atomic E-state index is -0.704. The lowest BCUT2D eigenvalue weighted by atomic mass is 10.5. The van der Waals surface area contributed by atoms with Gasteiger partial charge in [-0.25, -0.2) is 0 Å². The summed E-state index contributed by atoms with van der Waals surface area (Å²) in [6.07, 6.45) is 2.53. The van der Waals surface area contributed by atoms with E-state index in [-0.39, 0.29) is 0 Å². The third-order valence-electron chi connectivity index (χ3n) is 0.908. The molecule has 0 heterocycles. The van der Waals surface area contributed by atoms with E-state index in [2.05, 4.69) is 17.5 Å². The van der Waals surface area contributed by atoms with E-state index in [4.69, 9.17) is 5.73 Å². The molecule has 0 aromatic carbocycles. The van der Waals surface area contributed by atoms with E-state index < -0.39 is 10.8 Å². The van der Waals surface area contributed by atoms with Gasteiger partial charge in [0, 0.05) is 29.4 Å². The lowest BCUT2D eigenvalue weighted by Crippen LogP contribution is -2.30. The molecule has 0 aliphatic heterocycles. The summed E-state index contributed by atoms with van der Waals surface area (Å²) in [6, 6.07) is 0. The number of nitrogens with one attached hydrogen (secondary N) is 1. The van der Waals surface area contributed by atoms with E-state index in [0.29, 0.717) is 10.9 Å². The highest BCUT2D eigenvalue weighted by Crippen LogP contribution is 1.80. The summed E-state index contributed by atoms with van der Waals surface area (Å²) < 4.78 is 10.5. The van der Waals surface area contributed by atoms with Crippen LogP contribution in [-0.4, -0.2) is 27.9 Å². The first kappa shape index (κ1) is 9.84. The predicted octanol–water partition coefficient (Wildman–Crippen LogP) is -0.412. The summed E-state index contributed by atoms with van der Waals surface area (Å²) in [5.41, 5.74) is 5.15. The molecule has 0 bridgehead atoms. The molecule has 1 atom stereocenters. The number of hydrogen-bond donors (Lipinski definition) is 2. The van der Waals surface area contributed by atoms with Crippen molar-refractivity contribution in [2.24, 2.45) is 5.73 Å². The molecule has 0 spiro atoms. The summed E-state index contributed by atoms with van der Waals surface area (Å²) in [6.45, 7) is 0.717. The molecule has 1 unspecified atom stereocenters. The van der Waals surface area contributed by atoms with Crippen LogP contribution in [0.4, 0.5) is 0 Å². The Morgan fingerprint density at radius 2 is 2.40 bits per heavy atom. The van der Waals surface area contributed by atoms with Crippen molar-refractivity contribution in [3.63, 3.8) is 0 Å². The standard InChI is InChI=1S/C5H12N2OS2/c1-10(8)4-2-3-7-5(6)9/h2-4H2,1H3,(H3,6,7,9). The first-order chi connectivity index (χ1) is 4.63. The van der Waals surface area contributed by atoms with Crippen molar-refractivity contribution in [2.75, 3.05) is 18.6 Å². The van der Waals surface area contributed by atoms with Gasteiger partial charge >= 0.3 is 0 Å². The quantitative estimate of drug-likeness (QED) is 0.456. The molecule has 0 fully saturated rings. The lowest BCUT2D eigenvalue weighted by molar-refractivity contribution is 0.683. The molecule has 3 nitrogen and oxygen atoms in total. The van der Waals surface area contributed by atoms with Gasteiger partial charge in [-0.2, -0.15) is 0 Å². The fraction of sp³-hybridized carbons (Fsp3) is 0.800. The van der Waals surface area contributed by atoms with Crippen LogP contribution in [0.2, 0.25) is 0 Å². The molecule has 0 aromatic rings. The smallest absolute Gasteiger partial charge is 0.163 e. The van der Waals surface area contributed by atoms with Gasteiger partial charge < -0.3 is 11.1 Å². The summed E-state index contributed by atoms with van der Waals surface area (Å²) in [5, 5.41) is 3.08. The second-order valence-electron chi connectivity index (χ2n) is 1.92. The van der Waals surface area contributed by atoms with E-state index in [1.165, 1.54) is 0 Å². The predicted molar refractivity (Wildman–Crippen MR) is 48.3 cm³/mol. The van der Waals surface area contributed by atoms with E-state index >= 15 is 0 Å². The van der Waals surface area contributed by atoms with Gasteiger partial charge in [0.15, 0.2) is 5.11 Å². The zero-order valence-electron chi connectivity index (χ0n) is 5.92. The van der Waals surface area contributed by atoms with Crippen LogP contribution < -0.4 is 11.1 Å². The van der Waals surface area contributed by atoms with Crippen molar-refractivity contribution in [3.05, 3.63) is 0 Å². The fourth-order valence-corrected chi connectivity index (χ4v) is 1.14. The van der Waals surface area contributed by atoms with Crippen molar-refractivity contribution in [2.45, 2.75) is 6.42 Å². The first-order valence-electron chi connectivity index (χ1n) is 2.96. The van der Waals surface area contributed by atoms with Crippen LogP contribution in [0.15, 0.2) is 0 Å². The molecular weight excluding hydrogens is 168 g/mol. The maximum absolute atomic E-state index is 10.5. The summed E-state index contributed by atoms with van der Waals surface area (Å²) in [4.78, 5) is 0. The van der Waals surface area contributed by atoms with Crippen LogP contribution in [0, 0.1) is 0 Å². The molecule has 0 saturated carbocycles. The highest BCUT2D eigenvalue weighted by atomic mass is 32.2. The maximum Gasteiger partial charge on any atom is 0.163 e. The lowest BCUT2D eigenvalue weighted by Gasteiger charge is -2.00. The average molecular weight is 180 g/mol. The van der Waals surface area contributed by atoms with E-state index in [0.717, 1.165) is 13.0 Å². The fourth-order valence-electron chi connectivity index (χ4n) is 0.487. The highest BCUT2D eigenvalue weighted by Gasteiger charge is 1.90. The average Bonchev–Trinajstić information content (AvgIpc) is 1.79. The van der Waals surface area contributed by atoms with Crippen LogP contribution in [0.1, 0.15) is 6.42 Å². The molecule has 0 radical (unpaired) electrons. The largest absolute Gasteiger partial charge is 0.376 e. The molecule has 0 aromatic heterocycles. The van der Waals surface area contributed by atoms with Crippen LogP contribution in [0.3, 0.4) is 0 Å². The van der Waals surface area contributed by atoms with Gasteiger partial charge in [0.25, 0.3) is 0 Å². The third-order valence-corrected chi connectivity index (χ3v) is 1.92. The van der Waals surface area contributed by atoms with Gasteiger partial charge in [0.1, 0.15) is 0 Å². The number of hydrogen-bond acceptors (Lipinski definition) is 2. The van der Waals surface area contributed by atoms with Crippen molar-refractivity contribution < 1.29 is 4.21 Å². The Kier molecular flexibility index (Phi) is 5.52. The first-order valence-corrected chi connectivity index (χ1v) is 5.10. The number of rotatable bonds is 4. The molecule has 0 rings (SSSR count). The monoisotopic (exact) mass is 180 g/mol. The summed E-state index contributed by atoms with van der Waals surface area (Å²) in [7, 11) is -0.704. The van der Waals surface area contributed by atoms with E-state index in [1.54, 1.807) is 6.26 Å². The van der Waals surface area contributed by atoms with Crippen LogP contribution in [0.25, 0.3) is 0 Å². The topological polar surface area (TPSA) is 55.1 Å². The maximum atomic E-state index is 10.5. The second kappa shape index (κ2) is 5.61. The van der Waals surface area contributed by atoms with Crippen molar-refractivity contribution in [1.82, 2.24) is 5.32 Å². The van der Waals surface area contributed by atoms with Crippen molar-refractivity contribution >= 4 is 28.1 Å². The Labute approximate surface area is 68.8 Å². The second-order valence-corrected chi connectivity index (χ2v) is 3.92. The van der Waals surface area contributed by atoms with Crippen LogP contribution in [-0.2, 0) is 10.8 Å². The van der Waals surface area contributed by atoms with Gasteiger partial charge in [0.05, 0.1) is 0 Å². The zero-order chi connectivity index (χ0) is 7.98. The van der Waals surface area contributed by atoms with Gasteiger partial charge in [0.2, 0.25) is 0 Å². The summed E-state index contributed by atoms with van der Waals surface area (Å²) >= 11 is 4.57. The van der Waals surface area contributed by atoms with Crippen LogP contribution in [0.5, 0.6) is 0 Å². The minimum Gasteiger partial charge on any atom is -0.376 e. The van der Waals surface area contributed by atoms with E-state index in [9.17, 15) is 4.21 Å². The Balaban J connectivity index is 3.06. The molecule has 60 valence electrons. The Bertz CT molecular complexity index is 122. The molecule has 3 N–H and O–H groups in total. The van der Waals surface area contributed by atoms with Gasteiger partial charge in [-0.1, -0.05) is 0 Å².